The number of amidine groups is 1. The summed E-state index contributed by atoms with van der Waals surface area (Å²) in [4.78, 5) is 0. The molecule has 0 heterocycles. The van der Waals surface area contributed by atoms with Crippen molar-refractivity contribution in [3.8, 4) is 0 Å². The summed E-state index contributed by atoms with van der Waals surface area (Å²) in [6, 6.07) is 0. The van der Waals surface area contributed by atoms with Gasteiger partial charge in [0.05, 0.1) is 0 Å². The molecule has 0 saturated heterocycles. The quantitative estimate of drug-likeness (QED) is 0.207. The van der Waals surface area contributed by atoms with Gasteiger partial charge in [-0.05, 0) is 18.9 Å². The SMILES string of the molecule is NC(CCNCCC1CCCCC1)=NO. The van der Waals surface area contributed by atoms with Crippen molar-refractivity contribution in [1.82, 2.24) is 5.32 Å². The molecule has 0 atom stereocenters. The first-order chi connectivity index (χ1) is 7.33. The van der Waals surface area contributed by atoms with Crippen LogP contribution in [0.5, 0.6) is 0 Å². The van der Waals surface area contributed by atoms with Crippen molar-refractivity contribution in [2.24, 2.45) is 16.8 Å². The Hall–Kier alpha value is -0.770. The predicted octanol–water partition coefficient (Wildman–Crippen LogP) is 1.68. The Balaban J connectivity index is 1.92. The van der Waals surface area contributed by atoms with E-state index in [1.54, 1.807) is 0 Å². The molecule has 1 aliphatic carbocycles. The largest absolute Gasteiger partial charge is 0.409 e. The second-order valence-corrected chi connectivity index (χ2v) is 4.38. The number of nitrogens with two attached hydrogens (primary N) is 1. The maximum atomic E-state index is 8.33. The molecule has 1 aliphatic rings. The molecule has 0 aromatic carbocycles. The molecule has 4 nitrogen and oxygen atoms in total. The smallest absolute Gasteiger partial charge is 0.140 e. The van der Waals surface area contributed by atoms with Crippen LogP contribution in [-0.2, 0) is 0 Å². The van der Waals surface area contributed by atoms with Crippen molar-refractivity contribution in [3.05, 3.63) is 0 Å². The van der Waals surface area contributed by atoms with Crippen molar-refractivity contribution in [3.63, 3.8) is 0 Å². The van der Waals surface area contributed by atoms with Gasteiger partial charge in [0.2, 0.25) is 0 Å². The lowest BCUT2D eigenvalue weighted by atomic mass is 9.87. The van der Waals surface area contributed by atoms with E-state index in [9.17, 15) is 0 Å². The zero-order valence-corrected chi connectivity index (χ0v) is 9.41. The summed E-state index contributed by atoms with van der Waals surface area (Å²) in [7, 11) is 0. The minimum absolute atomic E-state index is 0.306. The van der Waals surface area contributed by atoms with E-state index < -0.39 is 0 Å². The van der Waals surface area contributed by atoms with Crippen LogP contribution >= 0.6 is 0 Å². The summed E-state index contributed by atoms with van der Waals surface area (Å²) >= 11 is 0. The Bertz CT molecular complexity index is 188. The molecule has 1 rings (SSSR count). The van der Waals surface area contributed by atoms with Gasteiger partial charge in [0, 0.05) is 13.0 Å². The van der Waals surface area contributed by atoms with Crippen LogP contribution in [0, 0.1) is 5.92 Å². The third kappa shape index (κ3) is 5.62. The van der Waals surface area contributed by atoms with Crippen LogP contribution in [0.4, 0.5) is 0 Å². The van der Waals surface area contributed by atoms with Crippen LogP contribution in [0.15, 0.2) is 5.16 Å². The summed E-state index contributed by atoms with van der Waals surface area (Å²) in [5.41, 5.74) is 5.36. The van der Waals surface area contributed by atoms with E-state index in [2.05, 4.69) is 10.5 Å². The molecule has 0 aromatic rings. The second kappa shape index (κ2) is 7.51. The van der Waals surface area contributed by atoms with Crippen LogP contribution in [0.1, 0.15) is 44.9 Å². The number of hydrogen-bond donors (Lipinski definition) is 3. The normalized spacial score (nSPS) is 19.3. The summed E-state index contributed by atoms with van der Waals surface area (Å²) in [5, 5.41) is 14.6. The number of oxime groups is 1. The third-order valence-corrected chi connectivity index (χ3v) is 3.14. The lowest BCUT2D eigenvalue weighted by molar-refractivity contribution is 0.316. The zero-order valence-electron chi connectivity index (χ0n) is 9.41. The highest BCUT2D eigenvalue weighted by Crippen LogP contribution is 2.25. The molecule has 0 aliphatic heterocycles. The van der Waals surface area contributed by atoms with E-state index >= 15 is 0 Å². The molecule has 0 aromatic heterocycles. The molecule has 4 heteroatoms. The molecule has 4 N–H and O–H groups in total. The molecular weight excluding hydrogens is 190 g/mol. The molecule has 88 valence electrons. The van der Waals surface area contributed by atoms with Gasteiger partial charge in [-0.2, -0.15) is 0 Å². The van der Waals surface area contributed by atoms with E-state index in [4.69, 9.17) is 10.9 Å². The summed E-state index contributed by atoms with van der Waals surface area (Å²) in [6.07, 6.45) is 8.96. The minimum atomic E-state index is 0.306. The van der Waals surface area contributed by atoms with Gasteiger partial charge >= 0.3 is 0 Å². The van der Waals surface area contributed by atoms with Crippen LogP contribution in [0.2, 0.25) is 0 Å². The molecule has 1 fully saturated rings. The third-order valence-electron chi connectivity index (χ3n) is 3.14. The van der Waals surface area contributed by atoms with E-state index in [1.807, 2.05) is 0 Å². The van der Waals surface area contributed by atoms with Crippen LogP contribution in [0.25, 0.3) is 0 Å². The molecule has 0 radical (unpaired) electrons. The van der Waals surface area contributed by atoms with Gasteiger partial charge in [0.1, 0.15) is 5.84 Å². The maximum Gasteiger partial charge on any atom is 0.140 e. The van der Waals surface area contributed by atoms with E-state index in [1.165, 1.54) is 38.5 Å². The van der Waals surface area contributed by atoms with Crippen molar-refractivity contribution >= 4 is 5.84 Å². The van der Waals surface area contributed by atoms with Crippen molar-refractivity contribution < 1.29 is 5.21 Å². The van der Waals surface area contributed by atoms with Crippen molar-refractivity contribution in [1.29, 1.82) is 0 Å². The fourth-order valence-electron chi connectivity index (χ4n) is 2.17. The minimum Gasteiger partial charge on any atom is -0.409 e. The topological polar surface area (TPSA) is 70.6 Å². The van der Waals surface area contributed by atoms with Gasteiger partial charge in [0.25, 0.3) is 0 Å². The predicted molar refractivity (Wildman–Crippen MR) is 62.1 cm³/mol. The Kier molecular flexibility index (Phi) is 6.16. The average molecular weight is 213 g/mol. The van der Waals surface area contributed by atoms with Gasteiger partial charge in [-0.3, -0.25) is 0 Å². The van der Waals surface area contributed by atoms with Crippen molar-refractivity contribution in [2.45, 2.75) is 44.9 Å². The first kappa shape index (κ1) is 12.3. The van der Waals surface area contributed by atoms with E-state index in [0.29, 0.717) is 12.3 Å². The summed E-state index contributed by atoms with van der Waals surface area (Å²) < 4.78 is 0. The fraction of sp³-hybridized carbons (Fsp3) is 0.909. The monoisotopic (exact) mass is 213 g/mol. The van der Waals surface area contributed by atoms with E-state index in [0.717, 1.165) is 19.0 Å². The van der Waals surface area contributed by atoms with Crippen LogP contribution in [0.3, 0.4) is 0 Å². The number of rotatable bonds is 6. The molecule has 0 amide bonds. The van der Waals surface area contributed by atoms with Crippen LogP contribution in [-0.4, -0.2) is 24.1 Å². The maximum absolute atomic E-state index is 8.33. The second-order valence-electron chi connectivity index (χ2n) is 4.38. The first-order valence-corrected chi connectivity index (χ1v) is 6.00. The highest BCUT2D eigenvalue weighted by Gasteiger charge is 2.12. The summed E-state index contributed by atoms with van der Waals surface area (Å²) in [6.45, 7) is 1.87. The van der Waals surface area contributed by atoms with Gasteiger partial charge in [0.15, 0.2) is 0 Å². The Morgan fingerprint density at radius 1 is 1.27 bits per heavy atom. The average Bonchev–Trinajstić information content (AvgIpc) is 2.29. The van der Waals surface area contributed by atoms with E-state index in [-0.39, 0.29) is 0 Å². The van der Waals surface area contributed by atoms with Gasteiger partial charge < -0.3 is 16.3 Å². The Morgan fingerprint density at radius 2 is 2.00 bits per heavy atom. The molecular formula is C11H23N3O. The fourth-order valence-corrected chi connectivity index (χ4v) is 2.17. The Morgan fingerprint density at radius 3 is 2.67 bits per heavy atom. The molecule has 0 bridgehead atoms. The lowest BCUT2D eigenvalue weighted by Gasteiger charge is -2.21. The van der Waals surface area contributed by atoms with Gasteiger partial charge in [-0.25, -0.2) is 0 Å². The highest BCUT2D eigenvalue weighted by molar-refractivity contribution is 5.79. The standard InChI is InChI=1S/C11H23N3O/c12-11(14-15)7-9-13-8-6-10-4-2-1-3-5-10/h10,13,15H,1-9H2,(H2,12,14). The first-order valence-electron chi connectivity index (χ1n) is 6.00. The zero-order chi connectivity index (χ0) is 10.9. The molecule has 0 spiro atoms. The Labute approximate surface area is 91.9 Å². The van der Waals surface area contributed by atoms with Gasteiger partial charge in [-0.1, -0.05) is 37.3 Å². The highest BCUT2D eigenvalue weighted by atomic mass is 16.4. The number of hydrogen-bond acceptors (Lipinski definition) is 3. The molecule has 1 saturated carbocycles. The van der Waals surface area contributed by atoms with Crippen LogP contribution < -0.4 is 11.1 Å². The van der Waals surface area contributed by atoms with Gasteiger partial charge in [-0.15, -0.1) is 0 Å². The summed E-state index contributed by atoms with van der Waals surface area (Å²) in [5.74, 6) is 1.23. The number of nitrogens with zero attached hydrogens (tertiary/aromatic N) is 1. The lowest BCUT2D eigenvalue weighted by Crippen LogP contribution is -2.24. The van der Waals surface area contributed by atoms with Crippen molar-refractivity contribution in [2.75, 3.05) is 13.1 Å². The molecule has 15 heavy (non-hydrogen) atoms. The number of nitrogens with one attached hydrogen (secondary N) is 1. The molecule has 0 unspecified atom stereocenters.